The van der Waals surface area contributed by atoms with Crippen molar-refractivity contribution in [3.63, 3.8) is 0 Å². The monoisotopic (exact) mass is 254 g/mol. The standard InChI is InChI=1S/C12H15ClN2O2/c1-15(12(16)11-3-2-6-17-11)10-7-8(13)4-5-9(10)14/h4-5,7,11H,2-3,6,14H2,1H3. The van der Waals surface area contributed by atoms with Crippen molar-refractivity contribution >= 4 is 28.9 Å². The van der Waals surface area contributed by atoms with Crippen LogP contribution in [0.5, 0.6) is 0 Å². The van der Waals surface area contributed by atoms with E-state index in [1.807, 2.05) is 0 Å². The summed E-state index contributed by atoms with van der Waals surface area (Å²) in [5, 5.41) is 0.557. The predicted octanol–water partition coefficient (Wildman–Crippen LogP) is 2.06. The number of nitrogen functional groups attached to an aromatic ring is 1. The summed E-state index contributed by atoms with van der Waals surface area (Å²) in [4.78, 5) is 13.6. The fourth-order valence-electron chi connectivity index (χ4n) is 1.91. The van der Waals surface area contributed by atoms with E-state index in [0.717, 1.165) is 12.8 Å². The molecule has 1 aromatic carbocycles. The van der Waals surface area contributed by atoms with Gasteiger partial charge < -0.3 is 15.4 Å². The summed E-state index contributed by atoms with van der Waals surface area (Å²) in [6.45, 7) is 0.648. The fourth-order valence-corrected chi connectivity index (χ4v) is 2.08. The topological polar surface area (TPSA) is 55.6 Å². The van der Waals surface area contributed by atoms with E-state index in [9.17, 15) is 4.79 Å². The number of carbonyl (C=O) groups is 1. The number of halogens is 1. The quantitative estimate of drug-likeness (QED) is 0.822. The van der Waals surface area contributed by atoms with Crippen LogP contribution in [0.25, 0.3) is 0 Å². The molecule has 1 aromatic rings. The molecular weight excluding hydrogens is 240 g/mol. The van der Waals surface area contributed by atoms with E-state index in [-0.39, 0.29) is 12.0 Å². The molecule has 0 aliphatic carbocycles. The zero-order valence-electron chi connectivity index (χ0n) is 9.65. The van der Waals surface area contributed by atoms with Crippen LogP contribution in [0.15, 0.2) is 18.2 Å². The van der Waals surface area contributed by atoms with Crippen molar-refractivity contribution in [1.82, 2.24) is 0 Å². The highest BCUT2D eigenvalue weighted by Gasteiger charge is 2.27. The zero-order valence-corrected chi connectivity index (χ0v) is 10.4. The van der Waals surface area contributed by atoms with Crippen molar-refractivity contribution in [3.05, 3.63) is 23.2 Å². The Kier molecular flexibility index (Phi) is 3.54. The Morgan fingerprint density at radius 3 is 3.00 bits per heavy atom. The van der Waals surface area contributed by atoms with Gasteiger partial charge in [0.1, 0.15) is 6.10 Å². The summed E-state index contributed by atoms with van der Waals surface area (Å²) >= 11 is 5.90. The van der Waals surface area contributed by atoms with Gasteiger partial charge in [-0.3, -0.25) is 4.79 Å². The molecule has 1 atom stereocenters. The maximum absolute atomic E-state index is 12.1. The lowest BCUT2D eigenvalue weighted by Crippen LogP contribution is -2.36. The van der Waals surface area contributed by atoms with E-state index in [4.69, 9.17) is 22.1 Å². The van der Waals surface area contributed by atoms with Gasteiger partial charge in [0.2, 0.25) is 0 Å². The second-order valence-electron chi connectivity index (χ2n) is 4.10. The first-order valence-electron chi connectivity index (χ1n) is 5.54. The molecule has 1 saturated heterocycles. The molecule has 1 heterocycles. The summed E-state index contributed by atoms with van der Waals surface area (Å²) in [6.07, 6.45) is 1.34. The third kappa shape index (κ3) is 2.53. The normalized spacial score (nSPS) is 19.3. The molecule has 1 aliphatic rings. The highest BCUT2D eigenvalue weighted by Crippen LogP contribution is 2.27. The Morgan fingerprint density at radius 1 is 1.59 bits per heavy atom. The van der Waals surface area contributed by atoms with Crippen LogP contribution in [0.1, 0.15) is 12.8 Å². The van der Waals surface area contributed by atoms with E-state index in [1.165, 1.54) is 4.90 Å². The minimum Gasteiger partial charge on any atom is -0.397 e. The van der Waals surface area contributed by atoms with Gasteiger partial charge in [0.15, 0.2) is 0 Å². The molecule has 17 heavy (non-hydrogen) atoms. The summed E-state index contributed by atoms with van der Waals surface area (Å²) in [5.41, 5.74) is 6.99. The summed E-state index contributed by atoms with van der Waals surface area (Å²) in [7, 11) is 1.69. The van der Waals surface area contributed by atoms with Crippen LogP contribution in [0, 0.1) is 0 Å². The number of ether oxygens (including phenoxy) is 1. The van der Waals surface area contributed by atoms with E-state index in [2.05, 4.69) is 0 Å². The van der Waals surface area contributed by atoms with Gasteiger partial charge in [0, 0.05) is 18.7 Å². The van der Waals surface area contributed by atoms with E-state index in [1.54, 1.807) is 25.2 Å². The SMILES string of the molecule is CN(C(=O)C1CCCO1)c1cc(Cl)ccc1N. The second kappa shape index (κ2) is 4.94. The van der Waals surface area contributed by atoms with E-state index >= 15 is 0 Å². The van der Waals surface area contributed by atoms with Crippen molar-refractivity contribution in [3.8, 4) is 0 Å². The van der Waals surface area contributed by atoms with Crippen LogP contribution < -0.4 is 10.6 Å². The van der Waals surface area contributed by atoms with Crippen LogP contribution in [0.4, 0.5) is 11.4 Å². The van der Waals surface area contributed by atoms with Crippen molar-refractivity contribution in [1.29, 1.82) is 0 Å². The maximum Gasteiger partial charge on any atom is 0.255 e. The lowest BCUT2D eigenvalue weighted by molar-refractivity contribution is -0.127. The Hall–Kier alpha value is -1.26. The maximum atomic E-state index is 12.1. The van der Waals surface area contributed by atoms with Crippen LogP contribution in [0.2, 0.25) is 5.02 Å². The average molecular weight is 255 g/mol. The molecule has 0 spiro atoms. The van der Waals surface area contributed by atoms with Crippen LogP contribution in [-0.4, -0.2) is 25.7 Å². The number of hydrogen-bond donors (Lipinski definition) is 1. The Labute approximate surface area is 105 Å². The molecule has 1 amide bonds. The number of carbonyl (C=O) groups excluding carboxylic acids is 1. The highest BCUT2D eigenvalue weighted by molar-refractivity contribution is 6.31. The van der Waals surface area contributed by atoms with Crippen LogP contribution in [0.3, 0.4) is 0 Å². The van der Waals surface area contributed by atoms with Gasteiger partial charge in [-0.15, -0.1) is 0 Å². The molecular formula is C12H15ClN2O2. The van der Waals surface area contributed by atoms with Crippen molar-refractivity contribution in [2.75, 3.05) is 24.3 Å². The van der Waals surface area contributed by atoms with E-state index < -0.39 is 0 Å². The Balaban J connectivity index is 2.20. The van der Waals surface area contributed by atoms with Crippen LogP contribution in [-0.2, 0) is 9.53 Å². The number of benzene rings is 1. The molecule has 1 aliphatic heterocycles. The first-order chi connectivity index (χ1) is 8.09. The van der Waals surface area contributed by atoms with Gasteiger partial charge in [-0.1, -0.05) is 11.6 Å². The number of likely N-dealkylation sites (N-methyl/N-ethyl adjacent to an activating group) is 1. The molecule has 4 nitrogen and oxygen atoms in total. The zero-order chi connectivity index (χ0) is 12.4. The molecule has 5 heteroatoms. The molecule has 0 bridgehead atoms. The molecule has 1 fully saturated rings. The van der Waals surface area contributed by atoms with Crippen molar-refractivity contribution < 1.29 is 9.53 Å². The lowest BCUT2D eigenvalue weighted by atomic mass is 10.2. The van der Waals surface area contributed by atoms with E-state index in [0.29, 0.717) is 23.0 Å². The summed E-state index contributed by atoms with van der Waals surface area (Å²) in [6, 6.07) is 5.07. The smallest absolute Gasteiger partial charge is 0.255 e. The minimum absolute atomic E-state index is 0.0727. The Morgan fingerprint density at radius 2 is 2.35 bits per heavy atom. The van der Waals surface area contributed by atoms with Gasteiger partial charge in [0.25, 0.3) is 5.91 Å². The number of anilines is 2. The third-order valence-electron chi connectivity index (χ3n) is 2.89. The first kappa shape index (κ1) is 12.2. The molecule has 0 saturated carbocycles. The van der Waals surface area contributed by atoms with Crippen molar-refractivity contribution in [2.24, 2.45) is 0 Å². The largest absolute Gasteiger partial charge is 0.397 e. The summed E-state index contributed by atoms with van der Waals surface area (Å²) < 4.78 is 5.36. The molecule has 92 valence electrons. The van der Waals surface area contributed by atoms with Gasteiger partial charge in [-0.25, -0.2) is 0 Å². The van der Waals surface area contributed by atoms with Crippen LogP contribution >= 0.6 is 11.6 Å². The molecule has 0 aromatic heterocycles. The molecule has 1 unspecified atom stereocenters. The third-order valence-corrected chi connectivity index (χ3v) is 3.12. The number of hydrogen-bond acceptors (Lipinski definition) is 3. The van der Waals surface area contributed by atoms with Gasteiger partial charge >= 0.3 is 0 Å². The molecule has 0 radical (unpaired) electrons. The number of nitrogens with two attached hydrogens (primary N) is 1. The van der Waals surface area contributed by atoms with Gasteiger partial charge in [-0.05, 0) is 31.0 Å². The lowest BCUT2D eigenvalue weighted by Gasteiger charge is -2.22. The van der Waals surface area contributed by atoms with Gasteiger partial charge in [-0.2, -0.15) is 0 Å². The fraction of sp³-hybridized carbons (Fsp3) is 0.417. The minimum atomic E-state index is -0.349. The Bertz CT molecular complexity index is 431. The molecule has 2 rings (SSSR count). The second-order valence-corrected chi connectivity index (χ2v) is 4.54. The molecule has 2 N–H and O–H groups in total. The summed E-state index contributed by atoms with van der Waals surface area (Å²) in [5.74, 6) is -0.0727. The number of rotatable bonds is 2. The highest BCUT2D eigenvalue weighted by atomic mass is 35.5. The van der Waals surface area contributed by atoms with Crippen molar-refractivity contribution in [2.45, 2.75) is 18.9 Å². The predicted molar refractivity (Wildman–Crippen MR) is 68.2 cm³/mol. The number of nitrogens with zero attached hydrogens (tertiary/aromatic N) is 1. The number of amides is 1. The van der Waals surface area contributed by atoms with Gasteiger partial charge in [0.05, 0.1) is 11.4 Å². The first-order valence-corrected chi connectivity index (χ1v) is 5.91. The average Bonchev–Trinajstić information content (AvgIpc) is 2.84.